The van der Waals surface area contributed by atoms with E-state index in [1.165, 1.54) is 7.11 Å². The molecule has 0 radical (unpaired) electrons. The first-order valence-corrected chi connectivity index (χ1v) is 4.30. The largest absolute Gasteiger partial charge is 0.493 e. The predicted octanol–water partition coefficient (Wildman–Crippen LogP) is 1.03. The number of nitrogen functional groups attached to an aromatic ring is 1. The number of anilines is 1. The second kappa shape index (κ2) is 3.56. The molecule has 6 heteroatoms. The number of aromatic nitrogens is 3. The van der Waals surface area contributed by atoms with Gasteiger partial charge < -0.3 is 14.9 Å². The molecule has 15 heavy (non-hydrogen) atoms. The van der Waals surface area contributed by atoms with E-state index >= 15 is 0 Å². The molecule has 2 aromatic rings. The minimum atomic E-state index is 0.331. The van der Waals surface area contributed by atoms with Crippen LogP contribution in [-0.2, 0) is 0 Å². The number of methoxy groups -OCH3 is 1. The van der Waals surface area contributed by atoms with Crippen molar-refractivity contribution in [3.63, 3.8) is 0 Å². The minimum Gasteiger partial charge on any atom is -0.493 e. The van der Waals surface area contributed by atoms with E-state index in [1.807, 2.05) is 0 Å². The van der Waals surface area contributed by atoms with Gasteiger partial charge in [0.05, 0.1) is 12.7 Å². The van der Waals surface area contributed by atoms with Crippen molar-refractivity contribution in [1.82, 2.24) is 15.2 Å². The van der Waals surface area contributed by atoms with Crippen LogP contribution in [0.15, 0.2) is 16.7 Å². The summed E-state index contributed by atoms with van der Waals surface area (Å²) >= 11 is 0. The molecule has 78 valence electrons. The molecule has 0 atom stereocenters. The SMILES string of the molecule is COc1cc(-c2nnc(C)o2)cnc1N. The summed E-state index contributed by atoms with van der Waals surface area (Å²) in [5.41, 5.74) is 6.26. The van der Waals surface area contributed by atoms with Gasteiger partial charge in [-0.05, 0) is 6.07 Å². The van der Waals surface area contributed by atoms with Gasteiger partial charge in [0.2, 0.25) is 11.8 Å². The summed E-state index contributed by atoms with van der Waals surface area (Å²) in [5, 5.41) is 7.59. The Morgan fingerprint density at radius 3 is 2.80 bits per heavy atom. The van der Waals surface area contributed by atoms with Gasteiger partial charge in [0.15, 0.2) is 11.6 Å². The van der Waals surface area contributed by atoms with Gasteiger partial charge in [-0.2, -0.15) is 0 Å². The molecule has 0 aliphatic rings. The molecule has 0 saturated heterocycles. The van der Waals surface area contributed by atoms with Gasteiger partial charge in [-0.15, -0.1) is 10.2 Å². The highest BCUT2D eigenvalue weighted by Gasteiger charge is 2.09. The van der Waals surface area contributed by atoms with E-state index in [-0.39, 0.29) is 0 Å². The number of nitrogens with zero attached hydrogens (tertiary/aromatic N) is 3. The second-order valence-electron chi connectivity index (χ2n) is 2.94. The van der Waals surface area contributed by atoms with Crippen molar-refractivity contribution in [2.75, 3.05) is 12.8 Å². The van der Waals surface area contributed by atoms with Crippen molar-refractivity contribution >= 4 is 5.82 Å². The predicted molar refractivity (Wildman–Crippen MR) is 53.2 cm³/mol. The quantitative estimate of drug-likeness (QED) is 0.789. The summed E-state index contributed by atoms with van der Waals surface area (Å²) in [7, 11) is 1.52. The summed E-state index contributed by atoms with van der Waals surface area (Å²) in [5.74, 6) is 1.72. The van der Waals surface area contributed by atoms with E-state index in [4.69, 9.17) is 14.9 Å². The summed E-state index contributed by atoms with van der Waals surface area (Å²) in [6.07, 6.45) is 1.56. The molecule has 0 unspecified atom stereocenters. The number of hydrogen-bond acceptors (Lipinski definition) is 6. The van der Waals surface area contributed by atoms with Crippen LogP contribution < -0.4 is 10.5 Å². The lowest BCUT2D eigenvalue weighted by Gasteiger charge is -2.03. The first kappa shape index (κ1) is 9.45. The minimum absolute atomic E-state index is 0.331. The third-order valence-corrected chi connectivity index (χ3v) is 1.87. The maximum absolute atomic E-state index is 5.58. The third kappa shape index (κ3) is 1.74. The van der Waals surface area contributed by atoms with Gasteiger partial charge in [-0.25, -0.2) is 4.98 Å². The van der Waals surface area contributed by atoms with Crippen molar-refractivity contribution in [2.45, 2.75) is 6.92 Å². The monoisotopic (exact) mass is 206 g/mol. The molecular formula is C9H10N4O2. The highest BCUT2D eigenvalue weighted by atomic mass is 16.5. The molecule has 0 fully saturated rings. The van der Waals surface area contributed by atoms with Crippen molar-refractivity contribution < 1.29 is 9.15 Å². The lowest BCUT2D eigenvalue weighted by Crippen LogP contribution is -1.95. The molecule has 0 aliphatic heterocycles. The topological polar surface area (TPSA) is 87.1 Å². The fourth-order valence-corrected chi connectivity index (χ4v) is 1.15. The zero-order valence-corrected chi connectivity index (χ0v) is 8.39. The molecule has 2 heterocycles. The second-order valence-corrected chi connectivity index (χ2v) is 2.94. The van der Waals surface area contributed by atoms with E-state index in [0.29, 0.717) is 28.9 Å². The molecule has 0 aliphatic carbocycles. The first-order valence-electron chi connectivity index (χ1n) is 4.30. The molecule has 6 nitrogen and oxygen atoms in total. The van der Waals surface area contributed by atoms with Crippen LogP contribution in [0.5, 0.6) is 5.75 Å². The fourth-order valence-electron chi connectivity index (χ4n) is 1.15. The zero-order valence-electron chi connectivity index (χ0n) is 8.39. The highest BCUT2D eigenvalue weighted by molar-refractivity contribution is 5.59. The van der Waals surface area contributed by atoms with Crippen LogP contribution >= 0.6 is 0 Å². The first-order chi connectivity index (χ1) is 7.20. The summed E-state index contributed by atoms with van der Waals surface area (Å²) in [4.78, 5) is 3.96. The van der Waals surface area contributed by atoms with Gasteiger partial charge in [0.25, 0.3) is 0 Å². The Labute approximate surface area is 86.1 Å². The number of rotatable bonds is 2. The van der Waals surface area contributed by atoms with E-state index in [9.17, 15) is 0 Å². The summed E-state index contributed by atoms with van der Waals surface area (Å²) in [6, 6.07) is 1.70. The Morgan fingerprint density at radius 2 is 2.20 bits per heavy atom. The Morgan fingerprint density at radius 1 is 1.40 bits per heavy atom. The number of aryl methyl sites for hydroxylation is 1. The number of pyridine rings is 1. The van der Waals surface area contributed by atoms with Gasteiger partial charge >= 0.3 is 0 Å². The van der Waals surface area contributed by atoms with Crippen LogP contribution in [0, 0.1) is 6.92 Å². The summed E-state index contributed by atoms with van der Waals surface area (Å²) < 4.78 is 10.3. The average Bonchev–Trinajstić information content (AvgIpc) is 2.66. The lowest BCUT2D eigenvalue weighted by atomic mass is 10.2. The Hall–Kier alpha value is -2.11. The van der Waals surface area contributed by atoms with Gasteiger partial charge in [-0.3, -0.25) is 0 Å². The van der Waals surface area contributed by atoms with Crippen LogP contribution in [0.4, 0.5) is 5.82 Å². The Bertz CT molecular complexity index is 481. The lowest BCUT2D eigenvalue weighted by molar-refractivity contribution is 0.415. The third-order valence-electron chi connectivity index (χ3n) is 1.87. The van der Waals surface area contributed by atoms with E-state index in [0.717, 1.165) is 0 Å². The standard InChI is InChI=1S/C9H10N4O2/c1-5-12-13-9(15-5)6-3-7(14-2)8(10)11-4-6/h3-4H,1-2H3,(H2,10,11). The number of ether oxygens (including phenoxy) is 1. The van der Waals surface area contributed by atoms with Crippen molar-refractivity contribution in [1.29, 1.82) is 0 Å². The van der Waals surface area contributed by atoms with E-state index in [1.54, 1.807) is 19.2 Å². The van der Waals surface area contributed by atoms with Crippen molar-refractivity contribution in [3.05, 3.63) is 18.2 Å². The van der Waals surface area contributed by atoms with Gasteiger partial charge in [0, 0.05) is 13.1 Å². The Kier molecular flexibility index (Phi) is 2.24. The summed E-state index contributed by atoms with van der Waals surface area (Å²) in [6.45, 7) is 1.72. The van der Waals surface area contributed by atoms with Gasteiger partial charge in [-0.1, -0.05) is 0 Å². The average molecular weight is 206 g/mol. The van der Waals surface area contributed by atoms with Crippen LogP contribution in [0.25, 0.3) is 11.5 Å². The fraction of sp³-hybridized carbons (Fsp3) is 0.222. The normalized spacial score (nSPS) is 10.3. The molecule has 0 aromatic carbocycles. The molecule has 2 N–H and O–H groups in total. The Balaban J connectivity index is 2.45. The highest BCUT2D eigenvalue weighted by Crippen LogP contribution is 2.25. The molecular weight excluding hydrogens is 196 g/mol. The molecule has 0 bridgehead atoms. The molecule has 2 aromatic heterocycles. The van der Waals surface area contributed by atoms with Crippen LogP contribution in [0.2, 0.25) is 0 Å². The van der Waals surface area contributed by atoms with E-state index in [2.05, 4.69) is 15.2 Å². The van der Waals surface area contributed by atoms with Crippen LogP contribution in [0.3, 0.4) is 0 Å². The smallest absolute Gasteiger partial charge is 0.249 e. The number of nitrogens with two attached hydrogens (primary N) is 1. The number of hydrogen-bond donors (Lipinski definition) is 1. The van der Waals surface area contributed by atoms with Crippen LogP contribution in [-0.4, -0.2) is 22.3 Å². The van der Waals surface area contributed by atoms with Crippen LogP contribution in [0.1, 0.15) is 5.89 Å². The molecule has 0 spiro atoms. The van der Waals surface area contributed by atoms with Gasteiger partial charge in [0.1, 0.15) is 0 Å². The van der Waals surface area contributed by atoms with E-state index < -0.39 is 0 Å². The maximum Gasteiger partial charge on any atom is 0.249 e. The molecule has 2 rings (SSSR count). The van der Waals surface area contributed by atoms with Crippen molar-refractivity contribution in [2.24, 2.45) is 0 Å². The zero-order chi connectivity index (χ0) is 10.8. The molecule has 0 amide bonds. The molecule has 0 saturated carbocycles. The van der Waals surface area contributed by atoms with Crippen molar-refractivity contribution in [3.8, 4) is 17.2 Å². The maximum atomic E-state index is 5.58.